The highest BCUT2D eigenvalue weighted by Crippen LogP contribution is 2.23. The summed E-state index contributed by atoms with van der Waals surface area (Å²) in [5.74, 6) is 0.686. The highest BCUT2D eigenvalue weighted by molar-refractivity contribution is 5.69. The van der Waals surface area contributed by atoms with Crippen molar-refractivity contribution in [1.82, 2.24) is 5.32 Å². The Hall–Kier alpha value is -0.570. The van der Waals surface area contributed by atoms with Gasteiger partial charge >= 0.3 is 5.97 Å². The van der Waals surface area contributed by atoms with Gasteiger partial charge in [-0.25, -0.2) is 0 Å². The summed E-state index contributed by atoms with van der Waals surface area (Å²) in [6, 6.07) is 0.663. The van der Waals surface area contributed by atoms with E-state index in [4.69, 9.17) is 0 Å². The molecule has 0 aliphatic heterocycles. The van der Waals surface area contributed by atoms with Gasteiger partial charge < -0.3 is 10.1 Å². The third-order valence-corrected chi connectivity index (χ3v) is 3.30. The molecule has 3 nitrogen and oxygen atoms in total. The van der Waals surface area contributed by atoms with E-state index in [0.717, 1.165) is 18.9 Å². The van der Waals surface area contributed by atoms with Crippen LogP contribution in [-0.2, 0) is 9.53 Å². The lowest BCUT2D eigenvalue weighted by Crippen LogP contribution is -2.37. The maximum absolute atomic E-state index is 10.9. The monoisotopic (exact) mass is 213 g/mol. The van der Waals surface area contributed by atoms with Crippen molar-refractivity contribution in [3.63, 3.8) is 0 Å². The van der Waals surface area contributed by atoms with Gasteiger partial charge in [0.25, 0.3) is 0 Å². The molecule has 0 spiro atoms. The van der Waals surface area contributed by atoms with Crippen molar-refractivity contribution >= 4 is 5.97 Å². The van der Waals surface area contributed by atoms with Crippen LogP contribution in [0.5, 0.6) is 0 Å². The Labute approximate surface area is 92.6 Å². The molecule has 0 unspecified atom stereocenters. The Morgan fingerprint density at radius 2 is 2.13 bits per heavy atom. The van der Waals surface area contributed by atoms with Crippen LogP contribution in [0, 0.1) is 5.92 Å². The van der Waals surface area contributed by atoms with Crippen LogP contribution in [0.4, 0.5) is 0 Å². The molecular weight excluding hydrogens is 190 g/mol. The number of rotatable bonds is 5. The van der Waals surface area contributed by atoms with Crippen LogP contribution in [0.1, 0.15) is 45.4 Å². The van der Waals surface area contributed by atoms with Gasteiger partial charge in [-0.2, -0.15) is 0 Å². The number of carbonyl (C=O) groups excluding carboxylic acids is 1. The first-order valence-electron chi connectivity index (χ1n) is 6.04. The third kappa shape index (κ3) is 4.65. The van der Waals surface area contributed by atoms with Crippen LogP contribution in [0.3, 0.4) is 0 Å². The van der Waals surface area contributed by atoms with E-state index in [9.17, 15) is 4.79 Å². The van der Waals surface area contributed by atoms with Gasteiger partial charge in [0.1, 0.15) is 0 Å². The Morgan fingerprint density at radius 3 is 2.80 bits per heavy atom. The molecule has 1 rings (SSSR count). The largest absolute Gasteiger partial charge is 0.469 e. The summed E-state index contributed by atoms with van der Waals surface area (Å²) in [4.78, 5) is 10.9. The topological polar surface area (TPSA) is 38.3 Å². The van der Waals surface area contributed by atoms with Gasteiger partial charge in [0.2, 0.25) is 0 Å². The average molecular weight is 213 g/mol. The van der Waals surface area contributed by atoms with Crippen LogP contribution in [0.2, 0.25) is 0 Å². The number of ether oxygens (including phenoxy) is 1. The zero-order valence-electron chi connectivity index (χ0n) is 9.92. The molecule has 2 atom stereocenters. The lowest BCUT2D eigenvalue weighted by atomic mass is 9.86. The van der Waals surface area contributed by atoms with Crippen molar-refractivity contribution in [3.8, 4) is 0 Å². The van der Waals surface area contributed by atoms with E-state index in [0.29, 0.717) is 12.5 Å². The predicted octanol–water partition coefficient (Wildman–Crippen LogP) is 2.11. The summed E-state index contributed by atoms with van der Waals surface area (Å²) in [6.07, 6.45) is 6.77. The molecule has 0 bridgehead atoms. The Balaban J connectivity index is 2.06. The molecule has 3 heteroatoms. The number of hydrogen-bond donors (Lipinski definition) is 1. The summed E-state index contributed by atoms with van der Waals surface area (Å²) < 4.78 is 4.60. The Kier molecular flexibility index (Phi) is 5.69. The predicted molar refractivity (Wildman–Crippen MR) is 60.7 cm³/mol. The normalized spacial score (nSPS) is 26.3. The first kappa shape index (κ1) is 12.5. The van der Waals surface area contributed by atoms with Crippen LogP contribution >= 0.6 is 0 Å². The van der Waals surface area contributed by atoms with E-state index >= 15 is 0 Å². The van der Waals surface area contributed by atoms with Crippen LogP contribution in [0.15, 0.2) is 0 Å². The molecule has 0 heterocycles. The minimum Gasteiger partial charge on any atom is -0.469 e. The fourth-order valence-electron chi connectivity index (χ4n) is 2.24. The quantitative estimate of drug-likeness (QED) is 0.561. The first-order chi connectivity index (χ1) is 7.24. The third-order valence-electron chi connectivity index (χ3n) is 3.30. The molecule has 1 saturated carbocycles. The first-order valence-corrected chi connectivity index (χ1v) is 6.04. The summed E-state index contributed by atoms with van der Waals surface area (Å²) in [6.45, 7) is 3.25. The molecule has 0 amide bonds. The van der Waals surface area contributed by atoms with Crippen molar-refractivity contribution in [2.24, 2.45) is 5.92 Å². The Bertz CT molecular complexity index is 194. The summed E-state index contributed by atoms with van der Waals surface area (Å²) in [5.41, 5.74) is 0. The zero-order chi connectivity index (χ0) is 11.1. The second-order valence-electron chi connectivity index (χ2n) is 4.50. The molecule has 1 fully saturated rings. The van der Waals surface area contributed by atoms with E-state index < -0.39 is 0 Å². The SMILES string of the molecule is COC(=O)CCCN[C@H]1CCCC[C@H]1C. The Morgan fingerprint density at radius 1 is 1.40 bits per heavy atom. The number of hydrogen-bond acceptors (Lipinski definition) is 3. The van der Waals surface area contributed by atoms with Gasteiger partial charge in [-0.05, 0) is 31.7 Å². The van der Waals surface area contributed by atoms with E-state index in [2.05, 4.69) is 17.0 Å². The van der Waals surface area contributed by atoms with Crippen LogP contribution < -0.4 is 5.32 Å². The molecule has 0 aromatic heterocycles. The highest BCUT2D eigenvalue weighted by Gasteiger charge is 2.20. The fraction of sp³-hybridized carbons (Fsp3) is 0.917. The number of nitrogens with one attached hydrogen (secondary N) is 1. The maximum atomic E-state index is 10.9. The maximum Gasteiger partial charge on any atom is 0.305 e. The lowest BCUT2D eigenvalue weighted by molar-refractivity contribution is -0.140. The molecule has 1 aliphatic rings. The number of esters is 1. The molecule has 0 saturated heterocycles. The van der Waals surface area contributed by atoms with Crippen molar-refractivity contribution < 1.29 is 9.53 Å². The van der Waals surface area contributed by atoms with Gasteiger partial charge in [-0.3, -0.25) is 4.79 Å². The molecule has 1 aliphatic carbocycles. The van der Waals surface area contributed by atoms with Crippen molar-refractivity contribution in [3.05, 3.63) is 0 Å². The smallest absolute Gasteiger partial charge is 0.305 e. The fourth-order valence-corrected chi connectivity index (χ4v) is 2.24. The van der Waals surface area contributed by atoms with Gasteiger partial charge in [0.05, 0.1) is 7.11 Å². The highest BCUT2D eigenvalue weighted by atomic mass is 16.5. The molecule has 0 radical (unpaired) electrons. The van der Waals surface area contributed by atoms with E-state index in [-0.39, 0.29) is 5.97 Å². The second-order valence-corrected chi connectivity index (χ2v) is 4.50. The summed E-state index contributed by atoms with van der Waals surface area (Å²) in [7, 11) is 1.44. The summed E-state index contributed by atoms with van der Waals surface area (Å²) in [5, 5.41) is 3.54. The van der Waals surface area contributed by atoms with E-state index in [1.807, 2.05) is 0 Å². The average Bonchev–Trinajstić information content (AvgIpc) is 2.26. The van der Waals surface area contributed by atoms with Crippen molar-refractivity contribution in [2.45, 2.75) is 51.5 Å². The minimum absolute atomic E-state index is 0.103. The number of methoxy groups -OCH3 is 1. The van der Waals surface area contributed by atoms with E-state index in [1.54, 1.807) is 0 Å². The van der Waals surface area contributed by atoms with Gasteiger partial charge in [0.15, 0.2) is 0 Å². The number of carbonyl (C=O) groups is 1. The minimum atomic E-state index is -0.103. The molecule has 1 N–H and O–H groups in total. The van der Waals surface area contributed by atoms with Gasteiger partial charge in [-0.1, -0.05) is 19.8 Å². The second kappa shape index (κ2) is 6.83. The van der Waals surface area contributed by atoms with Crippen molar-refractivity contribution in [2.75, 3.05) is 13.7 Å². The van der Waals surface area contributed by atoms with Gasteiger partial charge in [0, 0.05) is 12.5 Å². The zero-order valence-corrected chi connectivity index (χ0v) is 9.92. The summed E-state index contributed by atoms with van der Waals surface area (Å²) >= 11 is 0. The van der Waals surface area contributed by atoms with Crippen LogP contribution in [-0.4, -0.2) is 25.7 Å². The lowest BCUT2D eigenvalue weighted by Gasteiger charge is -2.29. The molecule has 88 valence electrons. The van der Waals surface area contributed by atoms with Gasteiger partial charge in [-0.15, -0.1) is 0 Å². The molecule has 0 aromatic carbocycles. The molecule has 15 heavy (non-hydrogen) atoms. The molecule has 0 aromatic rings. The van der Waals surface area contributed by atoms with Crippen molar-refractivity contribution in [1.29, 1.82) is 0 Å². The molecular formula is C12H23NO2. The van der Waals surface area contributed by atoms with E-state index in [1.165, 1.54) is 32.8 Å². The standard InChI is InChI=1S/C12H23NO2/c1-10-6-3-4-7-11(10)13-9-5-8-12(14)15-2/h10-11,13H,3-9H2,1-2H3/t10-,11+/m1/s1. The van der Waals surface area contributed by atoms with Crippen LogP contribution in [0.25, 0.3) is 0 Å².